The van der Waals surface area contributed by atoms with Crippen LogP contribution in [0, 0.1) is 6.92 Å². The molecule has 0 atom stereocenters. The average molecular weight is 207 g/mol. The second kappa shape index (κ2) is 3.63. The van der Waals surface area contributed by atoms with Crippen LogP contribution in [0.25, 0.3) is 12.2 Å². The van der Waals surface area contributed by atoms with Crippen LogP contribution in [0.2, 0.25) is 0 Å². The van der Waals surface area contributed by atoms with Gasteiger partial charge in [-0.25, -0.2) is 4.98 Å². The third-order valence-electron chi connectivity index (χ3n) is 1.61. The van der Waals surface area contributed by atoms with E-state index in [4.69, 9.17) is 10.3 Å². The Morgan fingerprint density at radius 1 is 1.43 bits per heavy atom. The second-order valence-corrected chi connectivity index (χ2v) is 3.70. The maximum atomic E-state index is 5.49. The highest BCUT2D eigenvalue weighted by Crippen LogP contribution is 2.13. The largest absolute Gasteiger partial charge is 0.375 e. The summed E-state index contributed by atoms with van der Waals surface area (Å²) in [6, 6.07) is 1.85. The third-order valence-corrected chi connectivity index (χ3v) is 2.30. The summed E-state index contributed by atoms with van der Waals surface area (Å²) in [7, 11) is 0. The molecule has 0 radical (unpaired) electrons. The summed E-state index contributed by atoms with van der Waals surface area (Å²) in [5.41, 5.74) is 7.12. The van der Waals surface area contributed by atoms with Crippen molar-refractivity contribution in [2.24, 2.45) is 0 Å². The fraction of sp³-hybridized carbons (Fsp3) is 0.111. The first-order valence-corrected chi connectivity index (χ1v) is 4.94. The zero-order chi connectivity index (χ0) is 9.97. The maximum Gasteiger partial charge on any atom is 0.180 e. The SMILES string of the molecule is Cc1cc(C=Cc2csc(N)n2)no1. The number of hydrogen-bond donors (Lipinski definition) is 1. The quantitative estimate of drug-likeness (QED) is 0.819. The zero-order valence-electron chi connectivity index (χ0n) is 7.60. The number of rotatable bonds is 2. The van der Waals surface area contributed by atoms with Crippen LogP contribution in [0.15, 0.2) is 16.0 Å². The van der Waals surface area contributed by atoms with E-state index >= 15 is 0 Å². The van der Waals surface area contributed by atoms with Gasteiger partial charge in [0.25, 0.3) is 0 Å². The molecule has 0 aliphatic rings. The molecule has 72 valence electrons. The topological polar surface area (TPSA) is 64.9 Å². The van der Waals surface area contributed by atoms with Crippen molar-refractivity contribution in [1.29, 1.82) is 0 Å². The highest BCUT2D eigenvalue weighted by atomic mass is 32.1. The van der Waals surface area contributed by atoms with Gasteiger partial charge in [0.15, 0.2) is 5.13 Å². The minimum atomic E-state index is 0.570. The number of aryl methyl sites for hydroxylation is 1. The van der Waals surface area contributed by atoms with Gasteiger partial charge in [-0.05, 0) is 19.1 Å². The van der Waals surface area contributed by atoms with Crippen molar-refractivity contribution < 1.29 is 4.52 Å². The van der Waals surface area contributed by atoms with E-state index in [1.54, 1.807) is 0 Å². The molecule has 14 heavy (non-hydrogen) atoms. The normalized spacial score (nSPS) is 11.2. The van der Waals surface area contributed by atoms with Crippen molar-refractivity contribution in [2.45, 2.75) is 6.92 Å². The average Bonchev–Trinajstić information content (AvgIpc) is 2.72. The standard InChI is InChI=1S/C9H9N3OS/c1-6-4-7(12-13-6)2-3-8-5-14-9(10)11-8/h2-5H,1H3,(H2,10,11). The van der Waals surface area contributed by atoms with Gasteiger partial charge in [-0.15, -0.1) is 11.3 Å². The first-order chi connectivity index (χ1) is 6.74. The van der Waals surface area contributed by atoms with Crippen molar-refractivity contribution in [2.75, 3.05) is 5.73 Å². The van der Waals surface area contributed by atoms with Crippen LogP contribution in [0.3, 0.4) is 0 Å². The molecule has 0 bridgehead atoms. The first kappa shape index (κ1) is 8.96. The summed E-state index contributed by atoms with van der Waals surface area (Å²) < 4.78 is 4.91. The van der Waals surface area contributed by atoms with E-state index in [0.717, 1.165) is 17.1 Å². The summed E-state index contributed by atoms with van der Waals surface area (Å²) in [6.07, 6.45) is 3.69. The summed E-state index contributed by atoms with van der Waals surface area (Å²) in [6.45, 7) is 1.85. The smallest absolute Gasteiger partial charge is 0.180 e. The molecule has 0 saturated carbocycles. The van der Waals surface area contributed by atoms with Gasteiger partial charge >= 0.3 is 0 Å². The Balaban J connectivity index is 2.14. The molecule has 5 heteroatoms. The fourth-order valence-corrected chi connectivity index (χ4v) is 1.54. The molecule has 2 aromatic rings. The molecule has 2 heterocycles. The minimum absolute atomic E-state index is 0.570. The highest BCUT2D eigenvalue weighted by molar-refractivity contribution is 7.13. The molecule has 0 amide bonds. The number of nitrogen functional groups attached to an aromatic ring is 1. The van der Waals surface area contributed by atoms with Crippen molar-refractivity contribution in [3.8, 4) is 0 Å². The van der Waals surface area contributed by atoms with Gasteiger partial charge in [0, 0.05) is 11.4 Å². The molecule has 2 N–H and O–H groups in total. The molecule has 0 spiro atoms. The predicted molar refractivity (Wildman–Crippen MR) is 56.7 cm³/mol. The Morgan fingerprint density at radius 2 is 2.21 bits per heavy atom. The number of hydrogen-bond acceptors (Lipinski definition) is 5. The number of nitrogens with zero attached hydrogens (tertiary/aromatic N) is 2. The Morgan fingerprint density at radius 3 is 2.79 bits per heavy atom. The first-order valence-electron chi connectivity index (χ1n) is 4.06. The van der Waals surface area contributed by atoms with Crippen LogP contribution in [0.5, 0.6) is 0 Å². The number of anilines is 1. The molecule has 2 rings (SSSR count). The van der Waals surface area contributed by atoms with Gasteiger partial charge in [-0.3, -0.25) is 0 Å². The minimum Gasteiger partial charge on any atom is -0.375 e. The molecule has 0 saturated heterocycles. The van der Waals surface area contributed by atoms with Crippen molar-refractivity contribution in [3.63, 3.8) is 0 Å². The van der Waals surface area contributed by atoms with Crippen LogP contribution in [0.4, 0.5) is 5.13 Å². The van der Waals surface area contributed by atoms with Gasteiger partial charge in [0.1, 0.15) is 11.5 Å². The molecule has 4 nitrogen and oxygen atoms in total. The van der Waals surface area contributed by atoms with Gasteiger partial charge in [0.05, 0.1) is 5.69 Å². The van der Waals surface area contributed by atoms with Gasteiger partial charge in [-0.2, -0.15) is 0 Å². The Bertz CT molecular complexity index is 416. The molecular weight excluding hydrogens is 198 g/mol. The van der Waals surface area contributed by atoms with E-state index in [9.17, 15) is 0 Å². The highest BCUT2D eigenvalue weighted by Gasteiger charge is 1.96. The van der Waals surface area contributed by atoms with Gasteiger partial charge < -0.3 is 10.3 Å². The van der Waals surface area contributed by atoms with E-state index in [2.05, 4.69) is 10.1 Å². The Kier molecular flexibility index (Phi) is 2.32. The lowest BCUT2D eigenvalue weighted by Crippen LogP contribution is -1.80. The van der Waals surface area contributed by atoms with E-state index < -0.39 is 0 Å². The lowest BCUT2D eigenvalue weighted by molar-refractivity contribution is 0.396. The Hall–Kier alpha value is -1.62. The van der Waals surface area contributed by atoms with E-state index in [1.165, 1.54) is 11.3 Å². The molecule has 0 aromatic carbocycles. The van der Waals surface area contributed by atoms with Gasteiger partial charge in [0.2, 0.25) is 0 Å². The summed E-state index contributed by atoms with van der Waals surface area (Å²) in [5, 5.41) is 6.28. The summed E-state index contributed by atoms with van der Waals surface area (Å²) >= 11 is 1.42. The molecule has 0 aliphatic carbocycles. The Labute approximate surface area is 85.1 Å². The van der Waals surface area contributed by atoms with E-state index in [0.29, 0.717) is 5.13 Å². The van der Waals surface area contributed by atoms with Crippen molar-refractivity contribution in [3.05, 3.63) is 28.6 Å². The van der Waals surface area contributed by atoms with E-state index in [-0.39, 0.29) is 0 Å². The number of thiazole rings is 1. The van der Waals surface area contributed by atoms with Crippen LogP contribution < -0.4 is 5.73 Å². The molecule has 0 aliphatic heterocycles. The van der Waals surface area contributed by atoms with Crippen molar-refractivity contribution >= 4 is 28.6 Å². The van der Waals surface area contributed by atoms with E-state index in [1.807, 2.05) is 30.5 Å². The third kappa shape index (κ3) is 2.00. The maximum absolute atomic E-state index is 5.49. The van der Waals surface area contributed by atoms with Crippen LogP contribution in [0.1, 0.15) is 17.1 Å². The lowest BCUT2D eigenvalue weighted by atomic mass is 10.3. The predicted octanol–water partition coefficient (Wildman–Crippen LogP) is 2.19. The van der Waals surface area contributed by atoms with Crippen LogP contribution in [-0.2, 0) is 0 Å². The number of aromatic nitrogens is 2. The van der Waals surface area contributed by atoms with Crippen LogP contribution in [-0.4, -0.2) is 10.1 Å². The van der Waals surface area contributed by atoms with Crippen LogP contribution >= 0.6 is 11.3 Å². The fourth-order valence-electron chi connectivity index (χ4n) is 1.01. The number of nitrogens with two attached hydrogens (primary N) is 1. The molecule has 0 fully saturated rings. The molecular formula is C9H9N3OS. The van der Waals surface area contributed by atoms with Crippen molar-refractivity contribution in [1.82, 2.24) is 10.1 Å². The monoisotopic (exact) mass is 207 g/mol. The molecule has 0 unspecified atom stereocenters. The second-order valence-electron chi connectivity index (χ2n) is 2.81. The lowest BCUT2D eigenvalue weighted by Gasteiger charge is -1.80. The van der Waals surface area contributed by atoms with Gasteiger partial charge in [-0.1, -0.05) is 5.16 Å². The zero-order valence-corrected chi connectivity index (χ0v) is 8.41. The summed E-state index contributed by atoms with van der Waals surface area (Å²) in [4.78, 5) is 4.08. The molecule has 2 aromatic heterocycles. The summed E-state index contributed by atoms with van der Waals surface area (Å²) in [5.74, 6) is 0.794.